The Morgan fingerprint density at radius 1 is 1.26 bits per heavy atom. The molecule has 0 bridgehead atoms. The molecule has 23 heavy (non-hydrogen) atoms. The molecule has 0 atom stereocenters. The van der Waals surface area contributed by atoms with Gasteiger partial charge in [-0.3, -0.25) is 4.79 Å². The van der Waals surface area contributed by atoms with Gasteiger partial charge < -0.3 is 32.2 Å². The molecule has 0 radical (unpaired) electrons. The first-order valence-electron chi connectivity index (χ1n) is 6.78. The number of H-pyrrole nitrogens is 1. The Balaban J connectivity index is 0.000000595. The van der Waals surface area contributed by atoms with Crippen LogP contribution in [0.2, 0.25) is 0 Å². The number of ether oxygens (including phenoxy) is 1. The number of amides is 1. The van der Waals surface area contributed by atoms with Crippen LogP contribution in [0.25, 0.3) is 11.6 Å². The number of hydrogen-bond donors (Lipinski definition) is 5. The standard InChI is InChI=1S/C14H14N4O2.C2H5N/c1-20-11-4-5-17-10(11)6-7-12-9(18-14(7)19)3-2-8(15)13(12)16;1-2-3/h2-6,17H,15-16H2,1H3,(H,18,19);2H,1,3H2/b7-6-;. The molecule has 8 N–H and O–H groups in total. The van der Waals surface area contributed by atoms with Gasteiger partial charge in [0.25, 0.3) is 5.91 Å². The molecule has 1 amide bonds. The maximum Gasteiger partial charge on any atom is 0.256 e. The largest absolute Gasteiger partial charge is 0.495 e. The van der Waals surface area contributed by atoms with Gasteiger partial charge in [0, 0.05) is 11.8 Å². The van der Waals surface area contributed by atoms with E-state index >= 15 is 0 Å². The molecule has 7 heteroatoms. The van der Waals surface area contributed by atoms with E-state index in [-0.39, 0.29) is 5.91 Å². The zero-order valence-electron chi connectivity index (χ0n) is 12.7. The van der Waals surface area contributed by atoms with E-state index in [1.165, 1.54) is 6.20 Å². The van der Waals surface area contributed by atoms with Crippen molar-refractivity contribution in [3.63, 3.8) is 0 Å². The molecule has 0 unspecified atom stereocenters. The molecule has 1 aromatic heterocycles. The van der Waals surface area contributed by atoms with E-state index in [1.54, 1.807) is 37.6 Å². The maximum absolute atomic E-state index is 12.1. The van der Waals surface area contributed by atoms with Crippen LogP contribution in [0.1, 0.15) is 11.3 Å². The highest BCUT2D eigenvalue weighted by Gasteiger charge is 2.27. The van der Waals surface area contributed by atoms with Crippen molar-refractivity contribution in [2.45, 2.75) is 0 Å². The Kier molecular flexibility index (Phi) is 4.61. The summed E-state index contributed by atoms with van der Waals surface area (Å²) in [4.78, 5) is 15.1. The number of nitrogens with two attached hydrogens (primary N) is 3. The SMILES string of the molecule is C=CN.COc1cc[nH]c1/C=C1\C(=O)Nc2ccc(N)c(N)c21. The van der Waals surface area contributed by atoms with Crippen LogP contribution in [0.4, 0.5) is 17.1 Å². The van der Waals surface area contributed by atoms with Gasteiger partial charge in [-0.2, -0.15) is 0 Å². The Labute approximate surface area is 133 Å². The van der Waals surface area contributed by atoms with Crippen molar-refractivity contribution in [1.82, 2.24) is 4.98 Å². The van der Waals surface area contributed by atoms with Crippen molar-refractivity contribution in [3.05, 3.63) is 48.4 Å². The molecule has 1 aliphatic heterocycles. The lowest BCUT2D eigenvalue weighted by Gasteiger charge is -2.06. The predicted octanol–water partition coefficient (Wildman–Crippen LogP) is 1.77. The topological polar surface area (TPSA) is 132 Å². The quantitative estimate of drug-likeness (QED) is 0.426. The number of methoxy groups -OCH3 is 1. The number of aromatic nitrogens is 1. The molecule has 0 saturated heterocycles. The molecule has 0 fully saturated rings. The van der Waals surface area contributed by atoms with Gasteiger partial charge in [-0.05, 0) is 30.5 Å². The van der Waals surface area contributed by atoms with E-state index < -0.39 is 0 Å². The van der Waals surface area contributed by atoms with E-state index in [9.17, 15) is 4.79 Å². The van der Waals surface area contributed by atoms with Crippen molar-refractivity contribution in [2.75, 3.05) is 23.9 Å². The lowest BCUT2D eigenvalue weighted by atomic mass is 10.0. The number of rotatable bonds is 2. The number of hydrogen-bond acceptors (Lipinski definition) is 5. The molecule has 3 rings (SSSR count). The number of nitrogen functional groups attached to an aromatic ring is 2. The summed E-state index contributed by atoms with van der Waals surface area (Å²) in [5.41, 5.74) is 19.7. The number of fused-ring (bicyclic) bond motifs is 1. The minimum atomic E-state index is -0.214. The van der Waals surface area contributed by atoms with Crippen LogP contribution < -0.4 is 27.3 Å². The summed E-state index contributed by atoms with van der Waals surface area (Å²) in [5, 5.41) is 2.77. The lowest BCUT2D eigenvalue weighted by Crippen LogP contribution is -2.03. The minimum absolute atomic E-state index is 0.214. The smallest absolute Gasteiger partial charge is 0.256 e. The van der Waals surface area contributed by atoms with Crippen LogP contribution in [-0.2, 0) is 4.79 Å². The minimum Gasteiger partial charge on any atom is -0.495 e. The van der Waals surface area contributed by atoms with Gasteiger partial charge in [0.15, 0.2) is 0 Å². The average molecular weight is 313 g/mol. The third-order valence-electron chi connectivity index (χ3n) is 3.29. The van der Waals surface area contributed by atoms with Crippen LogP contribution >= 0.6 is 0 Å². The second-order valence-electron chi connectivity index (χ2n) is 4.70. The van der Waals surface area contributed by atoms with Crippen LogP contribution in [-0.4, -0.2) is 18.0 Å². The maximum atomic E-state index is 12.1. The first kappa shape index (κ1) is 16.0. The number of carbonyl (C=O) groups excluding carboxylic acids is 1. The number of benzene rings is 1. The van der Waals surface area contributed by atoms with Gasteiger partial charge in [0.1, 0.15) is 5.75 Å². The third kappa shape index (κ3) is 2.98. The van der Waals surface area contributed by atoms with Gasteiger partial charge in [-0.1, -0.05) is 6.58 Å². The van der Waals surface area contributed by atoms with Gasteiger partial charge in [0.05, 0.1) is 35.4 Å². The van der Waals surface area contributed by atoms with Crippen molar-refractivity contribution in [3.8, 4) is 5.75 Å². The number of nitrogens with one attached hydrogen (secondary N) is 2. The summed E-state index contributed by atoms with van der Waals surface area (Å²) in [5.74, 6) is 0.440. The molecule has 0 aliphatic carbocycles. The Hall–Kier alpha value is -3.35. The van der Waals surface area contributed by atoms with E-state index in [1.807, 2.05) is 0 Å². The van der Waals surface area contributed by atoms with Gasteiger partial charge >= 0.3 is 0 Å². The molecule has 7 nitrogen and oxygen atoms in total. The van der Waals surface area contributed by atoms with Crippen molar-refractivity contribution >= 4 is 34.6 Å². The summed E-state index contributed by atoms with van der Waals surface area (Å²) < 4.78 is 5.21. The normalized spacial score (nSPS) is 13.8. The van der Waals surface area contributed by atoms with Crippen molar-refractivity contribution < 1.29 is 9.53 Å². The van der Waals surface area contributed by atoms with Crippen LogP contribution in [0.5, 0.6) is 5.75 Å². The molecular weight excluding hydrogens is 294 g/mol. The van der Waals surface area contributed by atoms with E-state index in [0.29, 0.717) is 39.6 Å². The fourth-order valence-electron chi connectivity index (χ4n) is 2.27. The van der Waals surface area contributed by atoms with Crippen LogP contribution in [0, 0.1) is 0 Å². The van der Waals surface area contributed by atoms with Gasteiger partial charge in [-0.15, -0.1) is 0 Å². The summed E-state index contributed by atoms with van der Waals surface area (Å²) in [6, 6.07) is 5.20. The highest BCUT2D eigenvalue weighted by molar-refractivity contribution is 6.36. The monoisotopic (exact) mass is 313 g/mol. The molecule has 2 aromatic rings. The average Bonchev–Trinajstić information content (AvgIpc) is 3.09. The lowest BCUT2D eigenvalue weighted by molar-refractivity contribution is -0.110. The molecule has 0 saturated carbocycles. The molecule has 120 valence electrons. The molecule has 2 heterocycles. The number of aromatic amines is 1. The van der Waals surface area contributed by atoms with Crippen LogP contribution in [0.15, 0.2) is 37.2 Å². The zero-order valence-corrected chi connectivity index (χ0v) is 12.7. The van der Waals surface area contributed by atoms with Gasteiger partial charge in [-0.25, -0.2) is 0 Å². The summed E-state index contributed by atoms with van der Waals surface area (Å²) in [7, 11) is 1.57. The fourth-order valence-corrected chi connectivity index (χ4v) is 2.27. The first-order chi connectivity index (χ1) is 11.0. The van der Waals surface area contributed by atoms with E-state index in [4.69, 9.17) is 16.2 Å². The zero-order chi connectivity index (χ0) is 17.0. The highest BCUT2D eigenvalue weighted by atomic mass is 16.5. The first-order valence-corrected chi connectivity index (χ1v) is 6.78. The van der Waals surface area contributed by atoms with E-state index in [0.717, 1.165) is 0 Å². The second kappa shape index (κ2) is 6.61. The summed E-state index contributed by atoms with van der Waals surface area (Å²) in [6.45, 7) is 3.14. The summed E-state index contributed by atoms with van der Waals surface area (Å²) in [6.07, 6.45) is 4.69. The summed E-state index contributed by atoms with van der Waals surface area (Å²) >= 11 is 0. The molecular formula is C16H19N5O2. The van der Waals surface area contributed by atoms with Gasteiger partial charge in [0.2, 0.25) is 0 Å². The molecule has 1 aliphatic rings. The van der Waals surface area contributed by atoms with Crippen molar-refractivity contribution in [1.29, 1.82) is 0 Å². The van der Waals surface area contributed by atoms with Crippen molar-refractivity contribution in [2.24, 2.45) is 5.73 Å². The molecule has 0 spiro atoms. The predicted molar refractivity (Wildman–Crippen MR) is 93.5 cm³/mol. The Morgan fingerprint density at radius 3 is 2.61 bits per heavy atom. The fraction of sp³-hybridized carbons (Fsp3) is 0.0625. The number of carbonyl (C=O) groups is 1. The Bertz CT molecular complexity index is 777. The highest BCUT2D eigenvalue weighted by Crippen LogP contribution is 2.40. The third-order valence-corrected chi connectivity index (χ3v) is 3.29. The Morgan fingerprint density at radius 2 is 1.96 bits per heavy atom. The molecule has 1 aromatic carbocycles. The van der Waals surface area contributed by atoms with Crippen LogP contribution in [0.3, 0.4) is 0 Å². The number of anilines is 3. The second-order valence-corrected chi connectivity index (χ2v) is 4.70. The van der Waals surface area contributed by atoms with E-state index in [2.05, 4.69) is 22.6 Å².